The Balaban J connectivity index is 1.46. The fraction of sp³-hybridized carbons (Fsp3) is 0.238. The summed E-state index contributed by atoms with van der Waals surface area (Å²) in [5, 5.41) is 4.45. The van der Waals surface area contributed by atoms with Crippen molar-refractivity contribution in [3.63, 3.8) is 0 Å². The van der Waals surface area contributed by atoms with E-state index in [-0.39, 0.29) is 11.5 Å². The van der Waals surface area contributed by atoms with Gasteiger partial charge in [-0.05, 0) is 24.1 Å². The normalized spacial score (nSPS) is 13.3. The third-order valence-corrected chi connectivity index (χ3v) is 4.71. The number of halogens is 1. The molecule has 4 rings (SSSR count). The number of carbonyl (C=O) groups is 1. The number of aryl methyl sites for hydroxylation is 1. The highest BCUT2D eigenvalue weighted by Crippen LogP contribution is 2.22. The highest BCUT2D eigenvalue weighted by molar-refractivity contribution is 5.94. The lowest BCUT2D eigenvalue weighted by Gasteiger charge is -2.27. The van der Waals surface area contributed by atoms with E-state index < -0.39 is 5.82 Å². The van der Waals surface area contributed by atoms with E-state index in [9.17, 15) is 9.18 Å². The molecule has 138 valence electrons. The Kier molecular flexibility index (Phi) is 4.62. The van der Waals surface area contributed by atoms with Gasteiger partial charge in [-0.1, -0.05) is 42.5 Å². The number of carbonyl (C=O) groups excluding carboxylic acids is 1. The van der Waals surface area contributed by atoms with Crippen molar-refractivity contribution in [2.24, 2.45) is 0 Å². The number of fused-ring (bicyclic) bond motifs is 1. The van der Waals surface area contributed by atoms with Crippen LogP contribution in [0, 0.1) is 12.7 Å². The molecule has 1 aromatic heterocycles. The number of aromatic nitrogens is 2. The average Bonchev–Trinajstić information content (AvgIpc) is 3.11. The third-order valence-electron chi connectivity index (χ3n) is 4.71. The average molecular weight is 365 g/mol. The van der Waals surface area contributed by atoms with E-state index in [1.165, 1.54) is 6.07 Å². The molecule has 0 spiro atoms. The zero-order chi connectivity index (χ0) is 18.8. The topological polar surface area (TPSA) is 47.4 Å². The molecule has 3 aromatic rings. The Bertz CT molecular complexity index is 969. The van der Waals surface area contributed by atoms with Gasteiger partial charge in [0.25, 0.3) is 5.91 Å². The molecule has 0 fully saturated rings. The summed E-state index contributed by atoms with van der Waals surface area (Å²) in [5.74, 6) is -0.214. The number of benzene rings is 2. The first-order chi connectivity index (χ1) is 13.1. The molecule has 0 saturated carbocycles. The molecule has 0 saturated heterocycles. The summed E-state index contributed by atoms with van der Waals surface area (Å²) in [6.07, 6.45) is 0. The first kappa shape index (κ1) is 17.3. The minimum Gasteiger partial charge on any atom is -0.472 e. The molecule has 5 nitrogen and oxygen atoms in total. The molecule has 2 heterocycles. The van der Waals surface area contributed by atoms with Gasteiger partial charge in [0.15, 0.2) is 0 Å². The minimum atomic E-state index is -0.450. The van der Waals surface area contributed by atoms with Crippen LogP contribution in [-0.2, 0) is 19.7 Å². The van der Waals surface area contributed by atoms with Crippen LogP contribution in [0.1, 0.15) is 27.2 Å². The number of amides is 1. The van der Waals surface area contributed by atoms with Crippen molar-refractivity contribution in [1.82, 2.24) is 14.7 Å². The second kappa shape index (κ2) is 7.23. The summed E-state index contributed by atoms with van der Waals surface area (Å²) >= 11 is 0. The van der Waals surface area contributed by atoms with E-state index in [0.717, 1.165) is 11.3 Å². The van der Waals surface area contributed by atoms with Gasteiger partial charge in [-0.25, -0.2) is 4.39 Å². The second-order valence-corrected chi connectivity index (χ2v) is 6.63. The zero-order valence-corrected chi connectivity index (χ0v) is 15.1. The van der Waals surface area contributed by atoms with Crippen LogP contribution < -0.4 is 4.74 Å². The molecular formula is C21H20FN3O2. The predicted octanol–water partition coefficient (Wildman–Crippen LogP) is 3.57. The molecule has 1 aliphatic rings. The lowest BCUT2D eigenvalue weighted by molar-refractivity contribution is 0.0701. The molecular weight excluding hydrogens is 345 g/mol. The predicted molar refractivity (Wildman–Crippen MR) is 98.9 cm³/mol. The monoisotopic (exact) mass is 365 g/mol. The van der Waals surface area contributed by atoms with Gasteiger partial charge in [0.2, 0.25) is 5.88 Å². The number of ether oxygens (including phenoxy) is 1. The van der Waals surface area contributed by atoms with Crippen molar-refractivity contribution in [1.29, 1.82) is 0 Å². The van der Waals surface area contributed by atoms with E-state index in [2.05, 4.69) is 5.10 Å². The fourth-order valence-electron chi connectivity index (χ4n) is 3.20. The lowest BCUT2D eigenvalue weighted by Crippen LogP contribution is -2.38. The van der Waals surface area contributed by atoms with Crippen LogP contribution >= 0.6 is 0 Å². The molecule has 6 heteroatoms. The van der Waals surface area contributed by atoms with Crippen LogP contribution in [0.15, 0.2) is 54.6 Å². The largest absolute Gasteiger partial charge is 0.472 e. The van der Waals surface area contributed by atoms with E-state index in [1.807, 2.05) is 41.1 Å². The van der Waals surface area contributed by atoms with Gasteiger partial charge in [0.05, 0.1) is 24.3 Å². The van der Waals surface area contributed by atoms with Gasteiger partial charge in [0.1, 0.15) is 12.4 Å². The van der Waals surface area contributed by atoms with Crippen LogP contribution in [0.3, 0.4) is 0 Å². The van der Waals surface area contributed by atoms with Crippen LogP contribution in [0.4, 0.5) is 4.39 Å². The smallest absolute Gasteiger partial charge is 0.257 e. The maximum absolute atomic E-state index is 14.3. The Morgan fingerprint density at radius 3 is 2.78 bits per heavy atom. The Morgan fingerprint density at radius 1 is 1.15 bits per heavy atom. The lowest BCUT2D eigenvalue weighted by atomic mass is 10.1. The van der Waals surface area contributed by atoms with Crippen LogP contribution in [0.25, 0.3) is 0 Å². The summed E-state index contributed by atoms with van der Waals surface area (Å²) in [6, 6.07) is 16.6. The first-order valence-corrected chi connectivity index (χ1v) is 8.89. The van der Waals surface area contributed by atoms with Crippen molar-refractivity contribution >= 4 is 5.91 Å². The maximum atomic E-state index is 14.3. The van der Waals surface area contributed by atoms with Crippen molar-refractivity contribution in [3.8, 4) is 5.88 Å². The Morgan fingerprint density at radius 2 is 1.96 bits per heavy atom. The van der Waals surface area contributed by atoms with Crippen LogP contribution in [0.5, 0.6) is 5.88 Å². The molecule has 1 aliphatic heterocycles. The molecule has 27 heavy (non-hydrogen) atoms. The van der Waals surface area contributed by atoms with Gasteiger partial charge in [-0.3, -0.25) is 9.48 Å². The third kappa shape index (κ3) is 3.56. The van der Waals surface area contributed by atoms with Gasteiger partial charge in [-0.15, -0.1) is 5.10 Å². The molecule has 0 aliphatic carbocycles. The quantitative estimate of drug-likeness (QED) is 0.710. The molecule has 1 amide bonds. The van der Waals surface area contributed by atoms with Crippen molar-refractivity contribution < 1.29 is 13.9 Å². The van der Waals surface area contributed by atoms with E-state index in [0.29, 0.717) is 37.7 Å². The molecule has 0 atom stereocenters. The SMILES string of the molecule is Cc1cccc(C(=O)N2CCn3nc(OCc4ccccc4)cc3C2)c1F. The molecule has 0 bridgehead atoms. The van der Waals surface area contributed by atoms with Crippen LogP contribution in [-0.4, -0.2) is 27.1 Å². The number of hydrogen-bond acceptors (Lipinski definition) is 3. The Labute approximate surface area is 157 Å². The van der Waals surface area contributed by atoms with Gasteiger partial charge in [-0.2, -0.15) is 0 Å². The summed E-state index contributed by atoms with van der Waals surface area (Å²) in [7, 11) is 0. The second-order valence-electron chi connectivity index (χ2n) is 6.63. The van der Waals surface area contributed by atoms with Crippen molar-refractivity contribution in [3.05, 3.63) is 82.8 Å². The first-order valence-electron chi connectivity index (χ1n) is 8.89. The highest BCUT2D eigenvalue weighted by atomic mass is 19.1. The number of hydrogen-bond donors (Lipinski definition) is 0. The van der Waals surface area contributed by atoms with Crippen LogP contribution in [0.2, 0.25) is 0 Å². The summed E-state index contributed by atoms with van der Waals surface area (Å²) in [6.45, 7) is 3.53. The maximum Gasteiger partial charge on any atom is 0.257 e. The minimum absolute atomic E-state index is 0.114. The standard InChI is InChI=1S/C21H20FN3O2/c1-15-6-5-9-18(20(15)22)21(26)24-10-11-25-17(13-24)12-19(23-25)27-14-16-7-3-2-4-8-16/h2-9,12H,10-11,13-14H2,1H3. The molecule has 0 N–H and O–H groups in total. The number of nitrogens with zero attached hydrogens (tertiary/aromatic N) is 3. The van der Waals surface area contributed by atoms with Gasteiger partial charge in [0, 0.05) is 12.6 Å². The fourth-order valence-corrected chi connectivity index (χ4v) is 3.20. The summed E-state index contributed by atoms with van der Waals surface area (Å²) in [5.41, 5.74) is 2.53. The molecule has 0 unspecified atom stereocenters. The summed E-state index contributed by atoms with van der Waals surface area (Å²) in [4.78, 5) is 14.4. The molecule has 2 aromatic carbocycles. The Hall–Kier alpha value is -3.15. The van der Waals surface area contributed by atoms with Gasteiger partial charge >= 0.3 is 0 Å². The number of rotatable bonds is 4. The van der Waals surface area contributed by atoms with Gasteiger partial charge < -0.3 is 9.64 Å². The van der Waals surface area contributed by atoms with Crippen molar-refractivity contribution in [2.45, 2.75) is 26.6 Å². The van der Waals surface area contributed by atoms with E-state index >= 15 is 0 Å². The van der Waals surface area contributed by atoms with E-state index in [4.69, 9.17) is 4.74 Å². The zero-order valence-electron chi connectivity index (χ0n) is 15.1. The van der Waals surface area contributed by atoms with Crippen molar-refractivity contribution in [2.75, 3.05) is 6.54 Å². The highest BCUT2D eigenvalue weighted by Gasteiger charge is 2.25. The molecule has 0 radical (unpaired) electrons. The summed E-state index contributed by atoms with van der Waals surface area (Å²) < 4.78 is 21.9. The van der Waals surface area contributed by atoms with E-state index in [1.54, 1.807) is 24.0 Å².